The van der Waals surface area contributed by atoms with Gasteiger partial charge in [-0.3, -0.25) is 4.68 Å². The van der Waals surface area contributed by atoms with Crippen LogP contribution in [-0.4, -0.2) is 80.2 Å². The van der Waals surface area contributed by atoms with E-state index in [0.717, 1.165) is 5.56 Å². The molecule has 0 unspecified atom stereocenters. The Morgan fingerprint density at radius 3 is 2.67 bits per heavy atom. The number of aryl methyl sites for hydroxylation is 2. The van der Waals surface area contributed by atoms with Crippen LogP contribution in [0.1, 0.15) is 21.5 Å². The summed E-state index contributed by atoms with van der Waals surface area (Å²) in [6.07, 6.45) is 3.23. The third-order valence-corrected chi connectivity index (χ3v) is 4.69. The molecule has 1 aromatic carbocycles. The van der Waals surface area contributed by atoms with Crippen molar-refractivity contribution < 1.29 is 34.6 Å². The van der Waals surface area contributed by atoms with Crippen LogP contribution < -0.4 is 4.74 Å². The lowest BCUT2D eigenvalue weighted by molar-refractivity contribution is 0.0578. The normalized spacial score (nSPS) is 14.4. The number of aromatic nitrogens is 2. The summed E-state index contributed by atoms with van der Waals surface area (Å²) in [6.45, 7) is 0.880. The molecule has 1 saturated heterocycles. The number of likely N-dealkylation sites (tertiary alicyclic amines) is 1. The molecule has 160 valence electrons. The molecule has 1 aliphatic rings. The van der Waals surface area contributed by atoms with E-state index in [1.165, 1.54) is 19.2 Å². The molecule has 0 saturated carbocycles. The molecule has 2 aromatic rings. The molecule has 2 heterocycles. The first-order valence-corrected chi connectivity index (χ1v) is 9.26. The van der Waals surface area contributed by atoms with Gasteiger partial charge in [-0.1, -0.05) is 11.2 Å². The minimum absolute atomic E-state index is 0.0274. The number of benzene rings is 1. The zero-order valence-electron chi connectivity index (χ0n) is 16.6. The number of hydrogen-bond acceptors (Lipinski definition) is 8. The van der Waals surface area contributed by atoms with Crippen LogP contribution in [0.25, 0.3) is 0 Å². The van der Waals surface area contributed by atoms with Crippen molar-refractivity contribution in [1.29, 1.82) is 0 Å². The van der Waals surface area contributed by atoms with Gasteiger partial charge in [-0.25, -0.2) is 4.79 Å². The number of ether oxygens (including phenoxy) is 1. The lowest BCUT2D eigenvalue weighted by Crippen LogP contribution is -2.56. The summed E-state index contributed by atoms with van der Waals surface area (Å²) < 4.78 is 7.45. The van der Waals surface area contributed by atoms with Gasteiger partial charge in [0.1, 0.15) is 30.3 Å². The minimum atomic E-state index is -1.54. The lowest BCUT2D eigenvalue weighted by atomic mass is 9.82. The largest absolute Gasteiger partial charge is 0.507 e. The van der Waals surface area contributed by atoms with E-state index in [4.69, 9.17) is 19.6 Å². The average Bonchev–Trinajstić information content (AvgIpc) is 3.07. The molecule has 4 N–H and O–H groups in total. The Morgan fingerprint density at radius 1 is 1.37 bits per heavy atom. The number of aromatic carboxylic acids is 1. The minimum Gasteiger partial charge on any atom is -0.507 e. The lowest BCUT2D eigenvalue weighted by Gasteiger charge is -2.40. The molecule has 3 rings (SSSR count). The Morgan fingerprint density at radius 2 is 2.10 bits per heavy atom. The molecule has 0 bridgehead atoms. The number of rotatable bonds is 8. The number of hydrogen-bond donors (Lipinski definition) is 4. The summed E-state index contributed by atoms with van der Waals surface area (Å²) in [4.78, 5) is 18.5. The Labute approximate surface area is 172 Å². The molecule has 11 nitrogen and oxygen atoms in total. The molecule has 1 fully saturated rings. The number of amidine groups is 1. The Balaban J connectivity index is 1.71. The Bertz CT molecular complexity index is 941. The predicted octanol–water partition coefficient (Wildman–Crippen LogP) is -0.0896. The van der Waals surface area contributed by atoms with E-state index in [9.17, 15) is 15.0 Å². The second-order valence-electron chi connectivity index (χ2n) is 6.92. The second kappa shape index (κ2) is 9.05. The van der Waals surface area contributed by atoms with Crippen molar-refractivity contribution in [1.82, 2.24) is 14.7 Å². The van der Waals surface area contributed by atoms with E-state index in [1.807, 2.05) is 4.90 Å². The zero-order chi connectivity index (χ0) is 21.8. The number of oxime groups is 1. The van der Waals surface area contributed by atoms with E-state index in [1.54, 1.807) is 24.1 Å². The zero-order valence-corrected chi connectivity index (χ0v) is 16.6. The summed E-state index contributed by atoms with van der Waals surface area (Å²) >= 11 is 0. The van der Waals surface area contributed by atoms with Crippen molar-refractivity contribution in [2.24, 2.45) is 12.2 Å². The molecule has 0 aliphatic carbocycles. The van der Waals surface area contributed by atoms with E-state index < -0.39 is 18.8 Å². The van der Waals surface area contributed by atoms with Gasteiger partial charge >= 0.3 is 13.1 Å². The standard InChI is InChI=1S/C18H23BN4O7/c1-22-8-12(7-20-22)17(21-29-2)23-9-13(10-23)30-14-4-3-11(5-6-19(27)28)16(24)15(14)18(25)26/h3-4,7-8,13,24,27-28H,5-6,9-10H2,1-2H3,(H,25,26). The Hall–Kier alpha value is -3.25. The first-order valence-electron chi connectivity index (χ1n) is 9.26. The fourth-order valence-electron chi connectivity index (χ4n) is 3.19. The van der Waals surface area contributed by atoms with Crippen LogP contribution in [0.4, 0.5) is 0 Å². The van der Waals surface area contributed by atoms with Gasteiger partial charge in [-0.05, 0) is 24.4 Å². The first-order chi connectivity index (χ1) is 14.3. The van der Waals surface area contributed by atoms with Crippen molar-refractivity contribution in [3.63, 3.8) is 0 Å². The van der Waals surface area contributed by atoms with Crippen LogP contribution in [0, 0.1) is 0 Å². The summed E-state index contributed by atoms with van der Waals surface area (Å²) in [6, 6.07) is 2.99. The number of carboxylic acid groups (broad SMARTS) is 1. The van der Waals surface area contributed by atoms with Gasteiger partial charge < -0.3 is 34.7 Å². The second-order valence-corrected chi connectivity index (χ2v) is 6.92. The van der Waals surface area contributed by atoms with Gasteiger partial charge in [0.2, 0.25) is 0 Å². The van der Waals surface area contributed by atoms with Crippen molar-refractivity contribution in [2.45, 2.75) is 18.8 Å². The molecule has 1 aromatic heterocycles. The molecule has 0 spiro atoms. The highest BCUT2D eigenvalue weighted by atomic mass is 16.6. The summed E-state index contributed by atoms with van der Waals surface area (Å²) in [5.74, 6) is -1.13. The van der Waals surface area contributed by atoms with Gasteiger partial charge in [0.25, 0.3) is 0 Å². The van der Waals surface area contributed by atoms with Gasteiger partial charge in [0.15, 0.2) is 5.84 Å². The number of carboxylic acids is 1. The maximum atomic E-state index is 11.7. The summed E-state index contributed by atoms with van der Waals surface area (Å²) in [5, 5.41) is 46.0. The van der Waals surface area contributed by atoms with Crippen molar-refractivity contribution in [3.05, 3.63) is 41.2 Å². The number of nitrogens with zero attached hydrogens (tertiary/aromatic N) is 4. The van der Waals surface area contributed by atoms with Gasteiger partial charge in [0, 0.05) is 13.2 Å². The number of phenols is 1. The summed E-state index contributed by atoms with van der Waals surface area (Å²) in [7, 11) is 1.70. The highest BCUT2D eigenvalue weighted by molar-refractivity contribution is 6.41. The first kappa shape index (κ1) is 21.5. The van der Waals surface area contributed by atoms with Crippen LogP contribution in [0.2, 0.25) is 6.32 Å². The van der Waals surface area contributed by atoms with E-state index in [0.29, 0.717) is 24.5 Å². The quantitative estimate of drug-likeness (QED) is 0.200. The molecule has 0 amide bonds. The number of carbonyl (C=O) groups is 1. The molecule has 30 heavy (non-hydrogen) atoms. The molecule has 0 atom stereocenters. The third-order valence-electron chi connectivity index (χ3n) is 4.69. The molecular weight excluding hydrogens is 395 g/mol. The van der Waals surface area contributed by atoms with Gasteiger partial charge in [0.05, 0.1) is 24.8 Å². The third kappa shape index (κ3) is 4.66. The van der Waals surface area contributed by atoms with Crippen LogP contribution in [0.3, 0.4) is 0 Å². The van der Waals surface area contributed by atoms with Gasteiger partial charge in [-0.2, -0.15) is 5.10 Å². The van der Waals surface area contributed by atoms with Crippen LogP contribution in [0.5, 0.6) is 11.5 Å². The van der Waals surface area contributed by atoms with Crippen LogP contribution in [0.15, 0.2) is 29.7 Å². The van der Waals surface area contributed by atoms with Crippen LogP contribution >= 0.6 is 0 Å². The van der Waals surface area contributed by atoms with E-state index in [2.05, 4.69) is 10.3 Å². The van der Waals surface area contributed by atoms with E-state index >= 15 is 0 Å². The fraction of sp³-hybridized carbons (Fsp3) is 0.389. The maximum absolute atomic E-state index is 11.7. The highest BCUT2D eigenvalue weighted by Gasteiger charge is 2.34. The molecule has 12 heteroatoms. The molecule has 1 aliphatic heterocycles. The van der Waals surface area contributed by atoms with Crippen molar-refractivity contribution in [2.75, 3.05) is 20.2 Å². The Kier molecular flexibility index (Phi) is 6.48. The SMILES string of the molecule is CON=C(c1cnn(C)c1)N1CC(Oc2ccc(CCB(O)O)c(O)c2C(=O)O)C1. The van der Waals surface area contributed by atoms with E-state index in [-0.39, 0.29) is 30.2 Å². The van der Waals surface area contributed by atoms with Crippen molar-refractivity contribution in [3.8, 4) is 11.5 Å². The topological polar surface area (TPSA) is 150 Å². The monoisotopic (exact) mass is 418 g/mol. The maximum Gasteiger partial charge on any atom is 0.451 e. The van der Waals surface area contributed by atoms with Gasteiger partial charge in [-0.15, -0.1) is 0 Å². The summed E-state index contributed by atoms with van der Waals surface area (Å²) in [5.41, 5.74) is 0.725. The molecule has 0 radical (unpaired) electrons. The number of aromatic hydroxyl groups is 1. The van der Waals surface area contributed by atoms with Crippen molar-refractivity contribution >= 4 is 18.9 Å². The average molecular weight is 418 g/mol. The smallest absolute Gasteiger partial charge is 0.451 e. The molecular formula is C18H23BN4O7. The van der Waals surface area contributed by atoms with Crippen LogP contribution in [-0.2, 0) is 18.3 Å². The predicted molar refractivity (Wildman–Crippen MR) is 107 cm³/mol. The highest BCUT2D eigenvalue weighted by Crippen LogP contribution is 2.34. The fourth-order valence-corrected chi connectivity index (χ4v) is 3.19.